The van der Waals surface area contributed by atoms with Crippen LogP contribution in [-0.2, 0) is 0 Å². The molecule has 3 heterocycles. The molecular formula is C17H22N4O2S2. The SMILES string of the molecule is Cc1cc(OC2CN(SC(C)C)C2)cc(C(=O)Nc2nc(C)cs2)n1. The lowest BCUT2D eigenvalue weighted by molar-refractivity contribution is 0.0829. The van der Waals surface area contributed by atoms with Crippen molar-refractivity contribution < 1.29 is 9.53 Å². The number of carbonyl (C=O) groups excluding carboxylic acids is 1. The van der Waals surface area contributed by atoms with Gasteiger partial charge in [0.05, 0.1) is 5.69 Å². The Bertz CT molecular complexity index is 757. The van der Waals surface area contributed by atoms with Crippen molar-refractivity contribution in [2.45, 2.75) is 39.0 Å². The number of hydrogen-bond acceptors (Lipinski definition) is 7. The number of rotatable bonds is 6. The molecule has 2 aromatic heterocycles. The van der Waals surface area contributed by atoms with Crippen LogP contribution in [0.4, 0.5) is 5.13 Å². The van der Waals surface area contributed by atoms with Crippen LogP contribution in [0.3, 0.4) is 0 Å². The fourth-order valence-corrected chi connectivity index (χ4v) is 4.23. The van der Waals surface area contributed by atoms with Crippen LogP contribution in [0, 0.1) is 13.8 Å². The first-order chi connectivity index (χ1) is 11.9. The molecule has 1 fully saturated rings. The zero-order chi connectivity index (χ0) is 18.0. The van der Waals surface area contributed by atoms with Gasteiger partial charge in [0.1, 0.15) is 17.5 Å². The van der Waals surface area contributed by atoms with E-state index >= 15 is 0 Å². The molecule has 0 aliphatic carbocycles. The molecule has 0 radical (unpaired) electrons. The fourth-order valence-electron chi connectivity index (χ4n) is 2.45. The number of aromatic nitrogens is 2. The number of nitrogens with zero attached hydrogens (tertiary/aromatic N) is 3. The number of pyridine rings is 1. The normalized spacial score (nSPS) is 15.2. The number of amides is 1. The maximum atomic E-state index is 12.4. The summed E-state index contributed by atoms with van der Waals surface area (Å²) in [6.45, 7) is 9.90. The van der Waals surface area contributed by atoms with Gasteiger partial charge < -0.3 is 4.74 Å². The third-order valence-electron chi connectivity index (χ3n) is 3.48. The Hall–Kier alpha value is -1.64. The summed E-state index contributed by atoms with van der Waals surface area (Å²) in [6.07, 6.45) is 0.158. The van der Waals surface area contributed by atoms with E-state index in [0.717, 1.165) is 24.5 Å². The van der Waals surface area contributed by atoms with E-state index in [4.69, 9.17) is 4.74 Å². The van der Waals surface area contributed by atoms with Crippen LogP contribution >= 0.6 is 23.3 Å². The maximum Gasteiger partial charge on any atom is 0.276 e. The minimum absolute atomic E-state index is 0.158. The first-order valence-electron chi connectivity index (χ1n) is 8.19. The second-order valence-electron chi connectivity index (χ2n) is 6.32. The van der Waals surface area contributed by atoms with Crippen molar-refractivity contribution in [3.63, 3.8) is 0 Å². The molecule has 1 saturated heterocycles. The van der Waals surface area contributed by atoms with Crippen LogP contribution in [0.25, 0.3) is 0 Å². The van der Waals surface area contributed by atoms with E-state index in [1.807, 2.05) is 37.2 Å². The van der Waals surface area contributed by atoms with Crippen molar-refractivity contribution in [2.75, 3.05) is 18.4 Å². The lowest BCUT2D eigenvalue weighted by Crippen LogP contribution is -2.50. The highest BCUT2D eigenvalue weighted by atomic mass is 32.2. The zero-order valence-electron chi connectivity index (χ0n) is 14.8. The predicted octanol–water partition coefficient (Wildman–Crippen LogP) is 3.53. The Morgan fingerprint density at radius 1 is 1.32 bits per heavy atom. The average Bonchev–Trinajstić information content (AvgIpc) is 2.89. The maximum absolute atomic E-state index is 12.4. The van der Waals surface area contributed by atoms with Crippen molar-refractivity contribution in [3.05, 3.63) is 34.6 Å². The first-order valence-corrected chi connectivity index (χ1v) is 9.91. The molecule has 0 saturated carbocycles. The van der Waals surface area contributed by atoms with Gasteiger partial charge in [0.2, 0.25) is 0 Å². The molecular weight excluding hydrogens is 356 g/mol. The summed E-state index contributed by atoms with van der Waals surface area (Å²) in [6, 6.07) is 3.56. The van der Waals surface area contributed by atoms with Crippen LogP contribution < -0.4 is 10.1 Å². The highest BCUT2D eigenvalue weighted by molar-refractivity contribution is 7.97. The third-order valence-corrected chi connectivity index (χ3v) is 5.37. The second-order valence-corrected chi connectivity index (χ2v) is 8.85. The predicted molar refractivity (Wildman–Crippen MR) is 102 cm³/mol. The second kappa shape index (κ2) is 7.72. The van der Waals surface area contributed by atoms with Gasteiger partial charge in [0, 0.05) is 41.5 Å². The Morgan fingerprint density at radius 3 is 2.72 bits per heavy atom. The minimum atomic E-state index is -0.270. The molecule has 1 aliphatic heterocycles. The molecule has 0 atom stereocenters. The molecule has 2 aromatic rings. The molecule has 6 nitrogen and oxygen atoms in total. The summed E-state index contributed by atoms with van der Waals surface area (Å²) in [5.41, 5.74) is 1.98. The lowest BCUT2D eigenvalue weighted by atomic mass is 10.2. The van der Waals surface area contributed by atoms with Gasteiger partial charge in [-0.1, -0.05) is 25.8 Å². The number of aryl methyl sites for hydroxylation is 2. The molecule has 3 rings (SSSR count). The monoisotopic (exact) mass is 378 g/mol. The largest absolute Gasteiger partial charge is 0.488 e. The summed E-state index contributed by atoms with van der Waals surface area (Å²) < 4.78 is 8.29. The van der Waals surface area contributed by atoms with Crippen LogP contribution in [-0.4, -0.2) is 44.6 Å². The van der Waals surface area contributed by atoms with Crippen LogP contribution in [0.15, 0.2) is 17.5 Å². The molecule has 0 unspecified atom stereocenters. The standard InChI is InChI=1S/C17H22N4O2S2/c1-10(2)25-21-7-14(8-21)23-13-5-11(3)18-15(6-13)16(22)20-17-19-12(4)9-24-17/h5-6,9-10,14H,7-8H2,1-4H3,(H,19,20,22). The van der Waals surface area contributed by atoms with E-state index in [0.29, 0.717) is 21.8 Å². The number of ether oxygens (including phenoxy) is 1. The zero-order valence-corrected chi connectivity index (χ0v) is 16.4. The number of anilines is 1. The highest BCUT2D eigenvalue weighted by Crippen LogP contribution is 2.27. The number of thiazole rings is 1. The lowest BCUT2D eigenvalue weighted by Gasteiger charge is -2.38. The molecule has 134 valence electrons. The molecule has 1 amide bonds. The Kier molecular flexibility index (Phi) is 5.61. The van der Waals surface area contributed by atoms with E-state index in [-0.39, 0.29) is 12.0 Å². The van der Waals surface area contributed by atoms with Crippen LogP contribution in [0.5, 0.6) is 5.75 Å². The van der Waals surface area contributed by atoms with E-state index < -0.39 is 0 Å². The highest BCUT2D eigenvalue weighted by Gasteiger charge is 2.29. The molecule has 0 bridgehead atoms. The van der Waals surface area contributed by atoms with Gasteiger partial charge in [0.15, 0.2) is 5.13 Å². The smallest absolute Gasteiger partial charge is 0.276 e. The van der Waals surface area contributed by atoms with Crippen molar-refractivity contribution in [1.29, 1.82) is 0 Å². The first kappa shape index (κ1) is 18.2. The van der Waals surface area contributed by atoms with Gasteiger partial charge in [0.25, 0.3) is 5.91 Å². The molecule has 1 N–H and O–H groups in total. The molecule has 0 spiro atoms. The van der Waals surface area contributed by atoms with E-state index in [1.54, 1.807) is 6.07 Å². The summed E-state index contributed by atoms with van der Waals surface area (Å²) in [5, 5.41) is 5.83. The number of carbonyl (C=O) groups is 1. The molecule has 1 aliphatic rings. The van der Waals surface area contributed by atoms with E-state index in [2.05, 4.69) is 33.4 Å². The summed E-state index contributed by atoms with van der Waals surface area (Å²) in [7, 11) is 0. The molecule has 25 heavy (non-hydrogen) atoms. The van der Waals surface area contributed by atoms with Gasteiger partial charge in [-0.05, 0) is 13.8 Å². The van der Waals surface area contributed by atoms with Gasteiger partial charge in [-0.3, -0.25) is 10.1 Å². The van der Waals surface area contributed by atoms with E-state index in [1.165, 1.54) is 11.3 Å². The summed E-state index contributed by atoms with van der Waals surface area (Å²) in [4.78, 5) is 21.0. The van der Waals surface area contributed by atoms with Crippen molar-refractivity contribution in [1.82, 2.24) is 14.3 Å². The third kappa shape index (κ3) is 4.93. The summed E-state index contributed by atoms with van der Waals surface area (Å²) in [5.74, 6) is 0.417. The topological polar surface area (TPSA) is 67.3 Å². The van der Waals surface area contributed by atoms with Crippen LogP contribution in [0.1, 0.15) is 35.7 Å². The Balaban J connectivity index is 1.61. The Labute approximate surface area is 156 Å². The van der Waals surface area contributed by atoms with Gasteiger partial charge in [-0.15, -0.1) is 11.3 Å². The fraction of sp³-hybridized carbons (Fsp3) is 0.471. The number of hydrogen-bond donors (Lipinski definition) is 1. The van der Waals surface area contributed by atoms with Gasteiger partial charge in [-0.2, -0.15) is 0 Å². The van der Waals surface area contributed by atoms with Crippen LogP contribution in [0.2, 0.25) is 0 Å². The average molecular weight is 379 g/mol. The summed E-state index contributed by atoms with van der Waals surface area (Å²) >= 11 is 3.24. The van der Waals surface area contributed by atoms with Gasteiger partial charge in [-0.25, -0.2) is 14.3 Å². The quantitative estimate of drug-likeness (QED) is 0.776. The van der Waals surface area contributed by atoms with E-state index in [9.17, 15) is 4.79 Å². The minimum Gasteiger partial charge on any atom is -0.488 e. The van der Waals surface area contributed by atoms with Crippen molar-refractivity contribution >= 4 is 34.3 Å². The van der Waals surface area contributed by atoms with Crippen molar-refractivity contribution in [2.24, 2.45) is 0 Å². The molecule has 0 aromatic carbocycles. The van der Waals surface area contributed by atoms with Crippen molar-refractivity contribution in [3.8, 4) is 5.75 Å². The number of nitrogens with one attached hydrogen (secondary N) is 1. The Morgan fingerprint density at radius 2 is 2.08 bits per heavy atom. The van der Waals surface area contributed by atoms with Gasteiger partial charge >= 0.3 is 0 Å². The molecule has 8 heteroatoms.